The molecule has 1 N–H and O–H groups in total. The molecule has 0 aromatic rings. The summed E-state index contributed by atoms with van der Waals surface area (Å²) in [6.07, 6.45) is 0.344. The van der Waals surface area contributed by atoms with Crippen molar-refractivity contribution in [2.45, 2.75) is 13.0 Å². The first kappa shape index (κ1) is 11.3. The van der Waals surface area contributed by atoms with Gasteiger partial charge in [-0.25, -0.2) is 4.79 Å². The number of esters is 1. The number of hydrogen-bond acceptors (Lipinski definition) is 4. The minimum atomic E-state index is -2.45. The van der Waals surface area contributed by atoms with Gasteiger partial charge < -0.3 is 4.74 Å². The quantitative estimate of drug-likeness (QED) is 0.386. The van der Waals surface area contributed by atoms with Gasteiger partial charge in [0, 0.05) is 0 Å². The second-order valence-electron chi connectivity index (χ2n) is 1.87. The van der Waals surface area contributed by atoms with E-state index in [-0.39, 0.29) is 6.61 Å². The molecule has 0 heterocycles. The van der Waals surface area contributed by atoms with Gasteiger partial charge in [-0.05, 0) is 6.92 Å². The molecule has 0 amide bonds. The Hall–Kier alpha value is -0.720. The Bertz CT molecular complexity index is 190. The molecule has 0 fully saturated rings. The lowest BCUT2D eigenvalue weighted by Crippen LogP contribution is -2.24. The average molecular weight is 194 g/mol. The molecule has 2 unspecified atom stereocenters. The molecule has 0 aromatic carbocycles. The van der Waals surface area contributed by atoms with Crippen LogP contribution in [0.3, 0.4) is 0 Å². The molecule has 0 rings (SSSR count). The molecule has 70 valence electrons. The summed E-state index contributed by atoms with van der Waals surface area (Å²) >= 11 is -2.45. The Kier molecular flexibility index (Phi) is 5.52. The summed E-state index contributed by atoms with van der Waals surface area (Å²) in [6, 6.07) is 0. The molecular weight excluding hydrogens is 184 g/mol. The van der Waals surface area contributed by atoms with Crippen LogP contribution in [0.5, 0.6) is 0 Å². The summed E-state index contributed by atoms with van der Waals surface area (Å²) in [5.74, 6) is -0.697. The van der Waals surface area contributed by atoms with Gasteiger partial charge in [0.15, 0.2) is 6.10 Å². The first-order valence-corrected chi connectivity index (χ1v) is 4.16. The van der Waals surface area contributed by atoms with Gasteiger partial charge in [-0.1, -0.05) is 12.7 Å². The molecule has 0 aliphatic heterocycles. The summed E-state index contributed by atoms with van der Waals surface area (Å²) in [7, 11) is 0. The van der Waals surface area contributed by atoms with E-state index in [0.717, 1.165) is 0 Å². The maximum atomic E-state index is 10.8. The van der Waals surface area contributed by atoms with Crippen molar-refractivity contribution in [3.05, 3.63) is 12.7 Å². The van der Waals surface area contributed by atoms with Crippen molar-refractivity contribution in [2.75, 3.05) is 6.61 Å². The average Bonchev–Trinajstić information content (AvgIpc) is 1.98. The van der Waals surface area contributed by atoms with E-state index >= 15 is 0 Å². The largest absolute Gasteiger partial charge is 0.460 e. The number of carbonyl (C=O) groups is 1. The van der Waals surface area contributed by atoms with Crippen LogP contribution >= 0.6 is 0 Å². The first-order chi connectivity index (χ1) is 5.57. The van der Waals surface area contributed by atoms with Crippen LogP contribution in [0.2, 0.25) is 0 Å². The molecule has 6 heteroatoms. The molecule has 0 aliphatic rings. The maximum absolute atomic E-state index is 10.8. The molecule has 0 saturated carbocycles. The van der Waals surface area contributed by atoms with Crippen LogP contribution in [0, 0.1) is 0 Å². The van der Waals surface area contributed by atoms with E-state index in [1.165, 1.54) is 13.0 Å². The molecule has 0 spiro atoms. The monoisotopic (exact) mass is 194 g/mol. The van der Waals surface area contributed by atoms with Crippen LogP contribution in [0.4, 0.5) is 0 Å². The summed E-state index contributed by atoms with van der Waals surface area (Å²) in [5, 5.41) is 0. The predicted molar refractivity (Wildman–Crippen MR) is 42.5 cm³/mol. The fraction of sp³-hybridized carbons (Fsp3) is 0.500. The van der Waals surface area contributed by atoms with Gasteiger partial charge in [0.05, 0.1) is 0 Å². The van der Waals surface area contributed by atoms with Crippen LogP contribution < -0.4 is 0 Å². The lowest BCUT2D eigenvalue weighted by Gasteiger charge is -2.07. The molecular formula is C6H10O5S. The molecule has 5 nitrogen and oxygen atoms in total. The van der Waals surface area contributed by atoms with Gasteiger partial charge in [-0.3, -0.25) is 8.74 Å². The Morgan fingerprint density at radius 3 is 2.83 bits per heavy atom. The van der Waals surface area contributed by atoms with Crippen molar-refractivity contribution in [1.82, 2.24) is 0 Å². The zero-order chi connectivity index (χ0) is 9.56. The standard InChI is InChI=1S/C6H10O5S/c1-3-4-10-6(7)5(2)11-12(8)9/h3,5H,1,4H2,2H3,(H,8,9). The van der Waals surface area contributed by atoms with Gasteiger partial charge in [-0.15, -0.1) is 0 Å². The highest BCUT2D eigenvalue weighted by atomic mass is 32.2. The van der Waals surface area contributed by atoms with Gasteiger partial charge in [0.2, 0.25) is 0 Å². The van der Waals surface area contributed by atoms with Gasteiger partial charge in [0.25, 0.3) is 0 Å². The van der Waals surface area contributed by atoms with Gasteiger partial charge >= 0.3 is 17.3 Å². The lowest BCUT2D eigenvalue weighted by atomic mass is 10.4. The van der Waals surface area contributed by atoms with Crippen molar-refractivity contribution < 1.29 is 22.5 Å². The summed E-state index contributed by atoms with van der Waals surface area (Å²) in [5.41, 5.74) is 0. The van der Waals surface area contributed by atoms with E-state index in [1.54, 1.807) is 0 Å². The third-order valence-electron chi connectivity index (χ3n) is 0.902. The van der Waals surface area contributed by atoms with E-state index < -0.39 is 23.4 Å². The van der Waals surface area contributed by atoms with E-state index in [2.05, 4.69) is 15.5 Å². The minimum absolute atomic E-state index is 0.0601. The van der Waals surface area contributed by atoms with Crippen LogP contribution in [0.15, 0.2) is 12.7 Å². The number of rotatable bonds is 5. The van der Waals surface area contributed by atoms with Crippen molar-refractivity contribution in [1.29, 1.82) is 0 Å². The SMILES string of the molecule is C=CCOC(=O)C(C)OS(=O)O. The second-order valence-corrected chi connectivity index (χ2v) is 2.50. The fourth-order valence-electron chi connectivity index (χ4n) is 0.421. The Balaban J connectivity index is 3.76. The zero-order valence-corrected chi connectivity index (χ0v) is 7.37. The Labute approximate surface area is 72.8 Å². The minimum Gasteiger partial charge on any atom is -0.460 e. The van der Waals surface area contributed by atoms with E-state index in [0.29, 0.717) is 0 Å². The van der Waals surface area contributed by atoms with E-state index in [4.69, 9.17) is 4.55 Å². The smallest absolute Gasteiger partial charge is 0.336 e. The molecule has 0 aliphatic carbocycles. The summed E-state index contributed by atoms with van der Waals surface area (Å²) in [4.78, 5) is 10.8. The van der Waals surface area contributed by atoms with Gasteiger partial charge in [-0.2, -0.15) is 4.21 Å². The van der Waals surface area contributed by atoms with Crippen LogP contribution in [0.25, 0.3) is 0 Å². The molecule has 2 atom stereocenters. The molecule has 0 bridgehead atoms. The molecule has 0 aromatic heterocycles. The van der Waals surface area contributed by atoms with Crippen molar-refractivity contribution in [3.8, 4) is 0 Å². The van der Waals surface area contributed by atoms with E-state index in [1.807, 2.05) is 0 Å². The zero-order valence-electron chi connectivity index (χ0n) is 6.56. The van der Waals surface area contributed by atoms with Crippen LogP contribution in [0.1, 0.15) is 6.92 Å². The third-order valence-corrected chi connectivity index (χ3v) is 1.36. The Morgan fingerprint density at radius 2 is 2.42 bits per heavy atom. The second kappa shape index (κ2) is 5.87. The van der Waals surface area contributed by atoms with Crippen molar-refractivity contribution in [3.63, 3.8) is 0 Å². The number of carbonyl (C=O) groups excluding carboxylic acids is 1. The van der Waals surface area contributed by atoms with Gasteiger partial charge in [0.1, 0.15) is 6.61 Å². The number of ether oxygens (including phenoxy) is 1. The fourth-order valence-corrected chi connectivity index (χ4v) is 0.747. The topological polar surface area (TPSA) is 72.8 Å². The number of hydrogen-bond donors (Lipinski definition) is 1. The highest BCUT2D eigenvalue weighted by Gasteiger charge is 2.16. The van der Waals surface area contributed by atoms with Crippen molar-refractivity contribution >= 4 is 17.3 Å². The molecule has 12 heavy (non-hydrogen) atoms. The summed E-state index contributed by atoms with van der Waals surface area (Å²) in [6.45, 7) is 4.70. The highest BCUT2D eigenvalue weighted by Crippen LogP contribution is 1.96. The lowest BCUT2D eigenvalue weighted by molar-refractivity contribution is -0.149. The Morgan fingerprint density at radius 1 is 1.83 bits per heavy atom. The van der Waals surface area contributed by atoms with Crippen LogP contribution in [-0.4, -0.2) is 27.4 Å². The highest BCUT2D eigenvalue weighted by molar-refractivity contribution is 7.74. The molecule has 0 saturated heterocycles. The van der Waals surface area contributed by atoms with Crippen LogP contribution in [-0.2, 0) is 25.1 Å². The predicted octanol–water partition coefficient (Wildman–Crippen LogP) is 0.257. The first-order valence-electron chi connectivity index (χ1n) is 3.13. The summed E-state index contributed by atoms with van der Waals surface area (Å²) < 4.78 is 27.0. The van der Waals surface area contributed by atoms with Crippen molar-refractivity contribution in [2.24, 2.45) is 0 Å². The van der Waals surface area contributed by atoms with E-state index in [9.17, 15) is 9.00 Å². The maximum Gasteiger partial charge on any atom is 0.336 e. The normalized spacial score (nSPS) is 14.8. The third kappa shape index (κ3) is 5.00. The molecule has 0 radical (unpaired) electrons.